The average Bonchev–Trinajstić information content (AvgIpc) is 2.18. The quantitative estimate of drug-likeness (QED) is 0.632. The van der Waals surface area contributed by atoms with Gasteiger partial charge in [-0.05, 0) is 19.4 Å². The van der Waals surface area contributed by atoms with Gasteiger partial charge < -0.3 is 9.84 Å². The summed E-state index contributed by atoms with van der Waals surface area (Å²) in [7, 11) is 1.41. The van der Waals surface area contributed by atoms with Gasteiger partial charge in [0.15, 0.2) is 0 Å². The first-order chi connectivity index (χ1) is 6.29. The SMILES string of the molecule is COC(=O)[C@H]1CCCCN1CCO. The molecule has 1 aliphatic heterocycles. The average molecular weight is 187 g/mol. The van der Waals surface area contributed by atoms with Crippen molar-refractivity contribution in [1.29, 1.82) is 0 Å². The normalized spacial score (nSPS) is 24.3. The van der Waals surface area contributed by atoms with Crippen LogP contribution in [0.15, 0.2) is 0 Å². The molecule has 1 fully saturated rings. The topological polar surface area (TPSA) is 49.8 Å². The van der Waals surface area contributed by atoms with E-state index in [9.17, 15) is 4.79 Å². The van der Waals surface area contributed by atoms with Crippen LogP contribution in [0.3, 0.4) is 0 Å². The fourth-order valence-corrected chi connectivity index (χ4v) is 1.79. The summed E-state index contributed by atoms with van der Waals surface area (Å²) in [5.41, 5.74) is 0. The highest BCUT2D eigenvalue weighted by molar-refractivity contribution is 5.75. The van der Waals surface area contributed by atoms with E-state index in [2.05, 4.69) is 0 Å². The van der Waals surface area contributed by atoms with Gasteiger partial charge in [-0.1, -0.05) is 6.42 Å². The van der Waals surface area contributed by atoms with Crippen molar-refractivity contribution in [2.24, 2.45) is 0 Å². The molecular formula is C9H17NO3. The van der Waals surface area contributed by atoms with E-state index in [0.717, 1.165) is 25.8 Å². The minimum atomic E-state index is -0.173. The van der Waals surface area contributed by atoms with Gasteiger partial charge in [-0.3, -0.25) is 9.69 Å². The second kappa shape index (κ2) is 5.19. The molecule has 13 heavy (non-hydrogen) atoms. The van der Waals surface area contributed by atoms with E-state index >= 15 is 0 Å². The minimum absolute atomic E-state index is 0.105. The Labute approximate surface area is 78.5 Å². The zero-order chi connectivity index (χ0) is 9.68. The number of rotatable bonds is 3. The molecule has 0 aromatic heterocycles. The van der Waals surface area contributed by atoms with E-state index in [1.807, 2.05) is 4.90 Å². The van der Waals surface area contributed by atoms with Crippen LogP contribution in [0, 0.1) is 0 Å². The molecule has 0 aromatic carbocycles. The van der Waals surface area contributed by atoms with Gasteiger partial charge in [0, 0.05) is 6.54 Å². The molecule has 1 aliphatic rings. The van der Waals surface area contributed by atoms with Gasteiger partial charge in [0.2, 0.25) is 0 Å². The molecule has 0 aromatic rings. The summed E-state index contributed by atoms with van der Waals surface area (Å²) < 4.78 is 4.70. The summed E-state index contributed by atoms with van der Waals surface area (Å²) >= 11 is 0. The van der Waals surface area contributed by atoms with Crippen LogP contribution in [-0.4, -0.2) is 48.8 Å². The fourth-order valence-electron chi connectivity index (χ4n) is 1.79. The summed E-state index contributed by atoms with van der Waals surface area (Å²) in [5.74, 6) is -0.173. The molecule has 1 atom stereocenters. The number of aliphatic hydroxyl groups excluding tert-OH is 1. The highest BCUT2D eigenvalue weighted by Crippen LogP contribution is 2.17. The van der Waals surface area contributed by atoms with E-state index in [-0.39, 0.29) is 18.6 Å². The Kier molecular flexibility index (Phi) is 4.18. The third-order valence-electron chi connectivity index (χ3n) is 2.47. The molecule has 1 heterocycles. The number of β-amino-alcohol motifs (C(OH)–C–C–N with tert-alkyl or cyclic N) is 1. The third kappa shape index (κ3) is 2.67. The van der Waals surface area contributed by atoms with Gasteiger partial charge in [-0.2, -0.15) is 0 Å². The van der Waals surface area contributed by atoms with Crippen molar-refractivity contribution < 1.29 is 14.6 Å². The second-order valence-corrected chi connectivity index (χ2v) is 3.29. The first kappa shape index (κ1) is 10.5. The van der Waals surface area contributed by atoms with E-state index in [1.54, 1.807) is 0 Å². The molecule has 0 bridgehead atoms. The van der Waals surface area contributed by atoms with Crippen molar-refractivity contribution in [3.63, 3.8) is 0 Å². The van der Waals surface area contributed by atoms with Crippen LogP contribution in [0.4, 0.5) is 0 Å². The molecule has 4 nitrogen and oxygen atoms in total. The molecule has 1 rings (SSSR count). The molecule has 0 amide bonds. The van der Waals surface area contributed by atoms with Crippen LogP contribution in [0.5, 0.6) is 0 Å². The summed E-state index contributed by atoms with van der Waals surface area (Å²) in [4.78, 5) is 13.3. The Balaban J connectivity index is 2.50. The van der Waals surface area contributed by atoms with E-state index < -0.39 is 0 Å². The lowest BCUT2D eigenvalue weighted by molar-refractivity contribution is -0.148. The minimum Gasteiger partial charge on any atom is -0.468 e. The zero-order valence-corrected chi connectivity index (χ0v) is 8.03. The molecular weight excluding hydrogens is 170 g/mol. The Morgan fingerprint density at radius 3 is 3.00 bits per heavy atom. The van der Waals surface area contributed by atoms with Crippen LogP contribution in [0.25, 0.3) is 0 Å². The lowest BCUT2D eigenvalue weighted by Crippen LogP contribution is -2.46. The summed E-state index contributed by atoms with van der Waals surface area (Å²) in [6.07, 6.45) is 3.03. The second-order valence-electron chi connectivity index (χ2n) is 3.29. The number of hydrogen-bond donors (Lipinski definition) is 1. The van der Waals surface area contributed by atoms with Crippen LogP contribution in [0.2, 0.25) is 0 Å². The number of ether oxygens (including phenoxy) is 1. The van der Waals surface area contributed by atoms with Crippen molar-refractivity contribution in [2.75, 3.05) is 26.8 Å². The summed E-state index contributed by atoms with van der Waals surface area (Å²) in [5, 5.41) is 8.80. The number of carbonyl (C=O) groups is 1. The number of hydrogen-bond acceptors (Lipinski definition) is 4. The van der Waals surface area contributed by atoms with Crippen molar-refractivity contribution >= 4 is 5.97 Å². The summed E-state index contributed by atoms with van der Waals surface area (Å²) in [6, 6.07) is -0.133. The third-order valence-corrected chi connectivity index (χ3v) is 2.47. The Hall–Kier alpha value is -0.610. The first-order valence-electron chi connectivity index (χ1n) is 4.72. The number of nitrogens with zero attached hydrogens (tertiary/aromatic N) is 1. The predicted molar refractivity (Wildman–Crippen MR) is 48.3 cm³/mol. The summed E-state index contributed by atoms with van der Waals surface area (Å²) in [6.45, 7) is 1.56. The zero-order valence-electron chi connectivity index (χ0n) is 8.03. The largest absolute Gasteiger partial charge is 0.468 e. The molecule has 4 heteroatoms. The van der Waals surface area contributed by atoms with Crippen molar-refractivity contribution in [3.05, 3.63) is 0 Å². The lowest BCUT2D eigenvalue weighted by Gasteiger charge is -2.32. The molecule has 0 radical (unpaired) electrons. The molecule has 0 saturated carbocycles. The van der Waals surface area contributed by atoms with Gasteiger partial charge in [0.05, 0.1) is 13.7 Å². The smallest absolute Gasteiger partial charge is 0.323 e. The van der Waals surface area contributed by atoms with Gasteiger partial charge >= 0.3 is 5.97 Å². The number of esters is 1. The Morgan fingerprint density at radius 1 is 1.62 bits per heavy atom. The van der Waals surface area contributed by atoms with Crippen molar-refractivity contribution in [1.82, 2.24) is 4.90 Å². The van der Waals surface area contributed by atoms with Crippen LogP contribution in [0.1, 0.15) is 19.3 Å². The number of piperidine rings is 1. The monoisotopic (exact) mass is 187 g/mol. The van der Waals surface area contributed by atoms with Gasteiger partial charge in [0.1, 0.15) is 6.04 Å². The van der Waals surface area contributed by atoms with Crippen molar-refractivity contribution in [2.45, 2.75) is 25.3 Å². The molecule has 1 saturated heterocycles. The van der Waals surface area contributed by atoms with E-state index in [4.69, 9.17) is 9.84 Å². The fraction of sp³-hybridized carbons (Fsp3) is 0.889. The number of carbonyl (C=O) groups excluding carboxylic acids is 1. The predicted octanol–water partition coefficient (Wildman–Crippen LogP) is 0.00620. The van der Waals surface area contributed by atoms with Gasteiger partial charge in [-0.15, -0.1) is 0 Å². The van der Waals surface area contributed by atoms with Crippen molar-refractivity contribution in [3.8, 4) is 0 Å². The standard InChI is InChI=1S/C9H17NO3/c1-13-9(12)8-4-2-3-5-10(8)6-7-11/h8,11H,2-7H2,1H3/t8-/m1/s1. The maximum atomic E-state index is 11.3. The Bertz CT molecular complexity index is 170. The molecule has 0 unspecified atom stereocenters. The van der Waals surface area contributed by atoms with Gasteiger partial charge in [-0.25, -0.2) is 0 Å². The number of methoxy groups -OCH3 is 1. The van der Waals surface area contributed by atoms with E-state index in [1.165, 1.54) is 7.11 Å². The molecule has 0 aliphatic carbocycles. The number of likely N-dealkylation sites (tertiary alicyclic amines) is 1. The molecule has 0 spiro atoms. The highest BCUT2D eigenvalue weighted by Gasteiger charge is 2.28. The maximum absolute atomic E-state index is 11.3. The first-order valence-corrected chi connectivity index (χ1v) is 4.72. The van der Waals surface area contributed by atoms with Gasteiger partial charge in [0.25, 0.3) is 0 Å². The Morgan fingerprint density at radius 2 is 2.38 bits per heavy atom. The molecule has 76 valence electrons. The van der Waals surface area contributed by atoms with Crippen LogP contribution >= 0.6 is 0 Å². The maximum Gasteiger partial charge on any atom is 0.323 e. The lowest BCUT2D eigenvalue weighted by atomic mass is 10.0. The van der Waals surface area contributed by atoms with E-state index in [0.29, 0.717) is 6.54 Å². The number of aliphatic hydroxyl groups is 1. The van der Waals surface area contributed by atoms with Crippen LogP contribution in [-0.2, 0) is 9.53 Å². The van der Waals surface area contributed by atoms with Crippen LogP contribution < -0.4 is 0 Å². The highest BCUT2D eigenvalue weighted by atomic mass is 16.5. The molecule has 1 N–H and O–H groups in total.